The van der Waals surface area contributed by atoms with Crippen molar-refractivity contribution in [2.24, 2.45) is 0 Å². The number of hydrogen-bond acceptors (Lipinski definition) is 4. The van der Waals surface area contributed by atoms with Crippen LogP contribution in [0.25, 0.3) is 0 Å². The lowest BCUT2D eigenvalue weighted by molar-refractivity contribution is -0.117. The number of thioether (sulfide) groups is 1. The van der Waals surface area contributed by atoms with Crippen LogP contribution in [-0.4, -0.2) is 40.0 Å². The average molecular weight is 242 g/mol. The van der Waals surface area contributed by atoms with Crippen molar-refractivity contribution in [2.45, 2.75) is 6.42 Å². The summed E-state index contributed by atoms with van der Waals surface area (Å²) < 4.78 is 0. The third kappa shape index (κ3) is 4.50. The molecule has 6 heteroatoms. The van der Waals surface area contributed by atoms with Crippen LogP contribution < -0.4 is 5.32 Å². The summed E-state index contributed by atoms with van der Waals surface area (Å²) in [6.45, 7) is 0.121. The van der Waals surface area contributed by atoms with Crippen molar-refractivity contribution >= 4 is 23.6 Å². The van der Waals surface area contributed by atoms with Crippen LogP contribution in [-0.2, 0) is 4.79 Å². The van der Waals surface area contributed by atoms with Gasteiger partial charge in [0.15, 0.2) is 0 Å². The molecule has 0 fully saturated rings. The normalized spacial score (nSPS) is 10.1. The van der Waals surface area contributed by atoms with Crippen LogP contribution in [0.4, 0.5) is 0 Å². The van der Waals surface area contributed by atoms with Gasteiger partial charge in [-0.2, -0.15) is 11.8 Å². The molecule has 0 aliphatic heterocycles. The molecule has 3 N–H and O–H groups in total. The fourth-order valence-electron chi connectivity index (χ4n) is 1.03. The van der Waals surface area contributed by atoms with Crippen molar-refractivity contribution in [3.63, 3.8) is 0 Å². The maximum Gasteiger partial charge on any atom is 0.274 e. The standard InChI is InChI=1S/C10H14N2O3S/c13-5-2-6-16-7-9(14)12-10(15)8-3-1-4-11-8/h1,3-4,11,13H,2,5-7H2,(H,12,14,15). The monoisotopic (exact) mass is 242 g/mol. The Morgan fingerprint density at radius 3 is 2.94 bits per heavy atom. The predicted molar refractivity (Wildman–Crippen MR) is 62.3 cm³/mol. The zero-order valence-corrected chi connectivity index (χ0v) is 9.55. The number of rotatable bonds is 6. The zero-order chi connectivity index (χ0) is 11.8. The summed E-state index contributed by atoms with van der Waals surface area (Å²) in [6.07, 6.45) is 2.28. The highest BCUT2D eigenvalue weighted by Gasteiger charge is 2.10. The van der Waals surface area contributed by atoms with E-state index in [4.69, 9.17) is 5.11 Å². The molecule has 0 atom stereocenters. The number of aliphatic hydroxyl groups excluding tert-OH is 1. The molecule has 5 nitrogen and oxygen atoms in total. The highest BCUT2D eigenvalue weighted by molar-refractivity contribution is 7.99. The lowest BCUT2D eigenvalue weighted by atomic mass is 10.4. The van der Waals surface area contributed by atoms with Crippen LogP contribution >= 0.6 is 11.8 Å². The van der Waals surface area contributed by atoms with Gasteiger partial charge in [0.2, 0.25) is 5.91 Å². The molecule has 1 aromatic heterocycles. The summed E-state index contributed by atoms with van der Waals surface area (Å²) >= 11 is 1.39. The molecule has 0 aromatic carbocycles. The van der Waals surface area contributed by atoms with Gasteiger partial charge in [0.05, 0.1) is 5.75 Å². The number of H-pyrrole nitrogens is 1. The molecule has 1 rings (SSSR count). The van der Waals surface area contributed by atoms with Gasteiger partial charge in [-0.05, 0) is 24.3 Å². The maximum absolute atomic E-state index is 11.4. The van der Waals surface area contributed by atoms with Crippen LogP contribution in [0.15, 0.2) is 18.3 Å². The summed E-state index contributed by atoms with van der Waals surface area (Å²) in [7, 11) is 0. The minimum absolute atomic E-state index is 0.121. The second-order valence-corrected chi connectivity index (χ2v) is 4.20. The molecule has 0 bridgehead atoms. The molecule has 2 amide bonds. The second-order valence-electron chi connectivity index (χ2n) is 3.09. The number of carbonyl (C=O) groups excluding carboxylic acids is 2. The van der Waals surface area contributed by atoms with Crippen LogP contribution in [0.3, 0.4) is 0 Å². The Hall–Kier alpha value is -1.27. The number of aliphatic hydroxyl groups is 1. The summed E-state index contributed by atoms with van der Waals surface area (Å²) in [5.74, 6) is 0.202. The van der Waals surface area contributed by atoms with E-state index >= 15 is 0 Å². The lowest BCUT2D eigenvalue weighted by Crippen LogP contribution is -2.32. The zero-order valence-electron chi connectivity index (χ0n) is 8.73. The molecule has 0 saturated carbocycles. The molecular formula is C10H14N2O3S. The number of carbonyl (C=O) groups is 2. The summed E-state index contributed by atoms with van der Waals surface area (Å²) in [5, 5.41) is 10.8. The van der Waals surface area contributed by atoms with E-state index in [1.165, 1.54) is 11.8 Å². The Kier molecular flexibility index (Phi) is 5.66. The maximum atomic E-state index is 11.4. The summed E-state index contributed by atoms with van der Waals surface area (Å²) in [4.78, 5) is 25.4. The minimum Gasteiger partial charge on any atom is -0.396 e. The first kappa shape index (κ1) is 12.8. The lowest BCUT2D eigenvalue weighted by Gasteiger charge is -2.02. The van der Waals surface area contributed by atoms with E-state index in [2.05, 4.69) is 10.3 Å². The number of hydrogen-bond donors (Lipinski definition) is 3. The minimum atomic E-state index is -0.419. The molecule has 0 aliphatic rings. The molecule has 0 saturated heterocycles. The average Bonchev–Trinajstić information content (AvgIpc) is 2.77. The fourth-order valence-corrected chi connectivity index (χ4v) is 1.77. The number of amides is 2. The van der Waals surface area contributed by atoms with Gasteiger partial charge in [-0.25, -0.2) is 0 Å². The fraction of sp³-hybridized carbons (Fsp3) is 0.400. The van der Waals surface area contributed by atoms with E-state index in [-0.39, 0.29) is 18.3 Å². The van der Waals surface area contributed by atoms with Crippen molar-refractivity contribution in [3.05, 3.63) is 24.0 Å². The molecular weight excluding hydrogens is 228 g/mol. The first-order valence-corrected chi connectivity index (χ1v) is 6.05. The number of aromatic amines is 1. The van der Waals surface area contributed by atoms with E-state index < -0.39 is 5.91 Å². The largest absolute Gasteiger partial charge is 0.396 e. The Labute approximate surface area is 97.6 Å². The Balaban J connectivity index is 2.21. The molecule has 16 heavy (non-hydrogen) atoms. The van der Waals surface area contributed by atoms with Crippen molar-refractivity contribution in [1.29, 1.82) is 0 Å². The van der Waals surface area contributed by atoms with Gasteiger partial charge in [-0.1, -0.05) is 0 Å². The van der Waals surface area contributed by atoms with Crippen molar-refractivity contribution < 1.29 is 14.7 Å². The van der Waals surface area contributed by atoms with E-state index in [9.17, 15) is 9.59 Å². The SMILES string of the molecule is O=C(CSCCCO)NC(=O)c1ccc[nH]1. The predicted octanol–water partition coefficient (Wildman–Crippen LogP) is 0.387. The quantitative estimate of drug-likeness (QED) is 0.630. The molecule has 1 aromatic rings. The highest BCUT2D eigenvalue weighted by atomic mass is 32.2. The highest BCUT2D eigenvalue weighted by Crippen LogP contribution is 2.01. The first-order chi connectivity index (χ1) is 7.74. The van der Waals surface area contributed by atoms with E-state index in [0.717, 1.165) is 0 Å². The van der Waals surface area contributed by atoms with Crippen LogP contribution in [0.1, 0.15) is 16.9 Å². The molecule has 88 valence electrons. The third-order valence-corrected chi connectivity index (χ3v) is 2.82. The van der Waals surface area contributed by atoms with E-state index in [0.29, 0.717) is 17.9 Å². The van der Waals surface area contributed by atoms with E-state index in [1.54, 1.807) is 18.3 Å². The van der Waals surface area contributed by atoms with Gasteiger partial charge < -0.3 is 10.1 Å². The first-order valence-electron chi connectivity index (χ1n) is 4.90. The number of aromatic nitrogens is 1. The van der Waals surface area contributed by atoms with Gasteiger partial charge in [0, 0.05) is 12.8 Å². The van der Waals surface area contributed by atoms with Gasteiger partial charge in [0.25, 0.3) is 5.91 Å². The Morgan fingerprint density at radius 2 is 2.31 bits per heavy atom. The van der Waals surface area contributed by atoms with Crippen LogP contribution in [0.2, 0.25) is 0 Å². The summed E-state index contributed by atoms with van der Waals surface area (Å²) in [5.41, 5.74) is 0.369. The third-order valence-electron chi connectivity index (χ3n) is 1.78. The number of imide groups is 1. The number of nitrogens with one attached hydrogen (secondary N) is 2. The van der Waals surface area contributed by atoms with E-state index in [1.807, 2.05) is 0 Å². The van der Waals surface area contributed by atoms with Gasteiger partial charge in [-0.15, -0.1) is 0 Å². The Morgan fingerprint density at radius 1 is 1.50 bits per heavy atom. The van der Waals surface area contributed by atoms with Crippen LogP contribution in [0.5, 0.6) is 0 Å². The summed E-state index contributed by atoms with van der Waals surface area (Å²) in [6, 6.07) is 3.29. The Bertz CT molecular complexity index is 338. The molecule has 1 heterocycles. The smallest absolute Gasteiger partial charge is 0.274 e. The van der Waals surface area contributed by atoms with Crippen molar-refractivity contribution in [1.82, 2.24) is 10.3 Å². The topological polar surface area (TPSA) is 82.2 Å². The van der Waals surface area contributed by atoms with Crippen molar-refractivity contribution in [3.8, 4) is 0 Å². The second kappa shape index (κ2) is 7.08. The van der Waals surface area contributed by atoms with Crippen LogP contribution in [0, 0.1) is 0 Å². The molecule has 0 spiro atoms. The van der Waals surface area contributed by atoms with Gasteiger partial charge in [-0.3, -0.25) is 14.9 Å². The molecule has 0 radical (unpaired) electrons. The van der Waals surface area contributed by atoms with Crippen molar-refractivity contribution in [2.75, 3.05) is 18.1 Å². The van der Waals surface area contributed by atoms with Gasteiger partial charge in [0.1, 0.15) is 5.69 Å². The van der Waals surface area contributed by atoms with Gasteiger partial charge >= 0.3 is 0 Å². The molecule has 0 unspecified atom stereocenters. The molecule has 0 aliphatic carbocycles.